The third-order valence-corrected chi connectivity index (χ3v) is 12.5. The second kappa shape index (κ2) is 14.9. The van der Waals surface area contributed by atoms with Crippen LogP contribution in [0.4, 0.5) is 0 Å². The maximum atomic E-state index is 12.2. The zero-order valence-electron chi connectivity index (χ0n) is 29.7. The number of carbonyl (C=O) groups excluding carboxylic acids is 1. The smallest absolute Gasteiger partial charge is 0.164 e. The van der Waals surface area contributed by atoms with E-state index in [-0.39, 0.29) is 47.9 Å². The van der Waals surface area contributed by atoms with Gasteiger partial charge in [0.1, 0.15) is 5.76 Å². The summed E-state index contributed by atoms with van der Waals surface area (Å²) in [7, 11) is 0. The quantitative estimate of drug-likeness (QED) is 0.0943. The topological polar surface area (TPSA) is 50.2 Å². The van der Waals surface area contributed by atoms with Crippen LogP contribution >= 0.6 is 22.7 Å². The summed E-state index contributed by atoms with van der Waals surface area (Å²) in [6.45, 7) is 18.9. The standard InChI is InChI=1S/C27H20NS2.C15H28O2.Ir/c1-27(2,3)21-15-17(14-16-6-4-5-7-18(16)21)25-24-20-8-9-22-19(11-13-29-22)26(20)30-23(24)10-12-28-25;1-7-14(5,8-2)12(16)11-13(17)15(6,9-3)10-4;/h4-13,15H,1-3H3;11,16H,7-10H2,1-6H3;/q-1;;/b;12-11-;. The van der Waals surface area contributed by atoms with Gasteiger partial charge < -0.3 is 5.11 Å². The first-order chi connectivity index (χ1) is 22.3. The molecule has 255 valence electrons. The van der Waals surface area contributed by atoms with Crippen LogP contribution < -0.4 is 0 Å². The molecule has 0 saturated carbocycles. The van der Waals surface area contributed by atoms with Gasteiger partial charge >= 0.3 is 0 Å². The van der Waals surface area contributed by atoms with E-state index in [1.807, 2.05) is 59.1 Å². The number of aromatic nitrogens is 1. The third-order valence-electron chi connectivity index (χ3n) is 10.4. The summed E-state index contributed by atoms with van der Waals surface area (Å²) in [5, 5.41) is 18.6. The van der Waals surface area contributed by atoms with Crippen molar-refractivity contribution in [3.8, 4) is 11.3 Å². The molecule has 3 nitrogen and oxygen atoms in total. The molecule has 3 heterocycles. The van der Waals surface area contributed by atoms with Gasteiger partial charge in [0.05, 0.1) is 0 Å². The molecule has 0 unspecified atom stereocenters. The molecule has 6 aromatic rings. The number of hydrogen-bond donors (Lipinski definition) is 1. The molecule has 1 radical (unpaired) electrons. The van der Waals surface area contributed by atoms with Crippen LogP contribution in [0.1, 0.15) is 93.6 Å². The Balaban J connectivity index is 0.000000251. The van der Waals surface area contributed by atoms with Crippen molar-refractivity contribution in [1.29, 1.82) is 0 Å². The van der Waals surface area contributed by atoms with E-state index in [0.29, 0.717) is 0 Å². The van der Waals surface area contributed by atoms with Crippen LogP contribution in [0.25, 0.3) is 52.3 Å². The number of pyridine rings is 1. The van der Waals surface area contributed by atoms with Crippen LogP contribution in [0.2, 0.25) is 0 Å². The van der Waals surface area contributed by atoms with Crippen molar-refractivity contribution >= 4 is 69.5 Å². The Labute approximate surface area is 307 Å². The van der Waals surface area contributed by atoms with E-state index >= 15 is 0 Å². The molecular weight excluding hydrogens is 807 g/mol. The van der Waals surface area contributed by atoms with Crippen molar-refractivity contribution in [3.63, 3.8) is 0 Å². The van der Waals surface area contributed by atoms with E-state index in [0.717, 1.165) is 42.3 Å². The number of allylic oxidation sites excluding steroid dienone is 2. The number of nitrogens with zero attached hydrogens (tertiary/aromatic N) is 1. The number of carbonyl (C=O) groups is 1. The summed E-state index contributed by atoms with van der Waals surface area (Å²) in [6.07, 6.45) is 6.70. The van der Waals surface area contributed by atoms with Gasteiger partial charge in [0.2, 0.25) is 0 Å². The molecule has 0 aliphatic rings. The Kier molecular flexibility index (Phi) is 11.8. The number of ketones is 1. The van der Waals surface area contributed by atoms with Gasteiger partial charge in [-0.05, 0) is 65.4 Å². The molecule has 3 aromatic heterocycles. The molecular formula is C42H48IrNO2S2-. The number of thiophene rings is 2. The second-order valence-corrected chi connectivity index (χ2v) is 16.2. The predicted molar refractivity (Wildman–Crippen MR) is 206 cm³/mol. The maximum absolute atomic E-state index is 12.2. The van der Waals surface area contributed by atoms with E-state index in [4.69, 9.17) is 4.98 Å². The number of fused-ring (bicyclic) bond motifs is 6. The maximum Gasteiger partial charge on any atom is 0.164 e. The molecule has 0 bridgehead atoms. The minimum atomic E-state index is -0.337. The van der Waals surface area contributed by atoms with Crippen molar-refractivity contribution in [2.24, 2.45) is 10.8 Å². The molecule has 6 rings (SSSR count). The minimum Gasteiger partial charge on any atom is -0.512 e. The minimum absolute atomic E-state index is 0. The summed E-state index contributed by atoms with van der Waals surface area (Å²) in [4.78, 5) is 17.1. The first-order valence-corrected chi connectivity index (χ1v) is 18.6. The van der Waals surface area contributed by atoms with Gasteiger partial charge in [-0.15, -0.1) is 51.8 Å². The Bertz CT molecular complexity index is 2090. The summed E-state index contributed by atoms with van der Waals surface area (Å²) in [5.41, 5.74) is 2.88. The number of aliphatic hydroxyl groups is 1. The normalized spacial score (nSPS) is 12.7. The molecule has 0 aliphatic carbocycles. The molecule has 0 amide bonds. The fourth-order valence-electron chi connectivity index (χ4n) is 6.09. The van der Waals surface area contributed by atoms with Crippen molar-refractivity contribution in [2.75, 3.05) is 0 Å². The average molecular weight is 855 g/mol. The number of aliphatic hydroxyl groups excluding tert-OH is 1. The monoisotopic (exact) mass is 855 g/mol. The number of hydrogen-bond acceptors (Lipinski definition) is 5. The van der Waals surface area contributed by atoms with Gasteiger partial charge in [0.15, 0.2) is 5.78 Å². The second-order valence-electron chi connectivity index (χ2n) is 14.2. The largest absolute Gasteiger partial charge is 0.512 e. The molecule has 3 aromatic carbocycles. The van der Waals surface area contributed by atoms with Crippen molar-refractivity contribution in [1.82, 2.24) is 4.98 Å². The third kappa shape index (κ3) is 7.19. The SMILES string of the molecule is CC(C)(C)c1cc(-c2nccc3sc4c5ccsc5ccc4c23)[c-]c2ccccc12.CCC(C)(CC)C(=O)/C=C(\O)C(C)(CC)CC.[Ir]. The fourth-order valence-corrected chi connectivity index (χ4v) is 8.17. The van der Waals surface area contributed by atoms with Gasteiger partial charge in [0.25, 0.3) is 0 Å². The van der Waals surface area contributed by atoms with E-state index in [1.54, 1.807) is 11.3 Å². The zero-order valence-corrected chi connectivity index (χ0v) is 33.7. The Hall–Kier alpha value is -2.89. The van der Waals surface area contributed by atoms with Crippen molar-refractivity contribution in [3.05, 3.63) is 89.6 Å². The van der Waals surface area contributed by atoms with E-state index < -0.39 is 0 Å². The van der Waals surface area contributed by atoms with Gasteiger partial charge in [-0.2, -0.15) is 0 Å². The van der Waals surface area contributed by atoms with Crippen LogP contribution in [0.15, 0.2) is 78.0 Å². The van der Waals surface area contributed by atoms with E-state index in [2.05, 4.69) is 86.8 Å². The summed E-state index contributed by atoms with van der Waals surface area (Å²) in [6, 6.07) is 23.5. The fraction of sp³-hybridized carbons (Fsp3) is 0.381. The van der Waals surface area contributed by atoms with Crippen LogP contribution in [-0.2, 0) is 30.3 Å². The zero-order chi connectivity index (χ0) is 34.1. The Morgan fingerprint density at radius 2 is 1.50 bits per heavy atom. The molecule has 1 N–H and O–H groups in total. The van der Waals surface area contributed by atoms with Crippen LogP contribution in [0.5, 0.6) is 0 Å². The van der Waals surface area contributed by atoms with E-state index in [9.17, 15) is 9.90 Å². The first-order valence-electron chi connectivity index (χ1n) is 16.9. The molecule has 0 atom stereocenters. The molecule has 6 heteroatoms. The van der Waals surface area contributed by atoms with Gasteiger partial charge in [0, 0.05) is 68.4 Å². The molecule has 0 spiro atoms. The Morgan fingerprint density at radius 1 is 0.833 bits per heavy atom. The van der Waals surface area contributed by atoms with Crippen LogP contribution in [0.3, 0.4) is 0 Å². The van der Waals surface area contributed by atoms with Crippen molar-refractivity contribution in [2.45, 2.75) is 93.4 Å². The van der Waals surface area contributed by atoms with Gasteiger partial charge in [-0.1, -0.05) is 97.5 Å². The molecule has 48 heavy (non-hydrogen) atoms. The summed E-state index contributed by atoms with van der Waals surface area (Å²) >= 11 is 3.67. The predicted octanol–water partition coefficient (Wildman–Crippen LogP) is 13.2. The summed E-state index contributed by atoms with van der Waals surface area (Å²) in [5.74, 6) is 0.286. The molecule has 0 fully saturated rings. The number of benzene rings is 3. The van der Waals surface area contributed by atoms with E-state index in [1.165, 1.54) is 47.3 Å². The van der Waals surface area contributed by atoms with Gasteiger partial charge in [-0.25, -0.2) is 0 Å². The van der Waals surface area contributed by atoms with Gasteiger partial charge in [-0.3, -0.25) is 9.78 Å². The molecule has 0 saturated heterocycles. The molecule has 0 aliphatic heterocycles. The number of rotatable bonds is 8. The van der Waals surface area contributed by atoms with Crippen LogP contribution in [-0.4, -0.2) is 15.9 Å². The van der Waals surface area contributed by atoms with Crippen LogP contribution in [0, 0.1) is 16.9 Å². The first kappa shape index (κ1) is 37.9. The summed E-state index contributed by atoms with van der Waals surface area (Å²) < 4.78 is 3.98. The van der Waals surface area contributed by atoms with Crippen molar-refractivity contribution < 1.29 is 30.0 Å². The average Bonchev–Trinajstić information content (AvgIpc) is 3.71. The Morgan fingerprint density at radius 3 is 2.15 bits per heavy atom.